The summed E-state index contributed by atoms with van der Waals surface area (Å²) in [5.74, 6) is -0.822. The predicted octanol–water partition coefficient (Wildman–Crippen LogP) is 20.0. The highest BCUT2D eigenvalue weighted by molar-refractivity contribution is 7.45. The highest BCUT2D eigenvalue weighted by atomic mass is 31.2. The molecule has 0 aliphatic carbocycles. The Balaban J connectivity index is 3.97. The lowest BCUT2D eigenvalue weighted by molar-refractivity contribution is -0.870. The van der Waals surface area contributed by atoms with Crippen LogP contribution in [0.2, 0.25) is 0 Å². The molecular weight excluding hydrogens is 990 g/mol. The number of esters is 2. The van der Waals surface area contributed by atoms with Gasteiger partial charge in [-0.05, 0) is 70.6 Å². The van der Waals surface area contributed by atoms with E-state index < -0.39 is 26.5 Å². The SMILES string of the molecule is CC/C=C\C/C=C\C/C=C\C/C=C\C/C=C\C/C=C\C/C=C\CCCCCCCCCCCCCCCCCCCC(=O)OC(COC(=O)CCCCCCCCCCCCCCCCC)COP(=O)([O-])OCC[N+](C)(C)C. The van der Waals surface area contributed by atoms with E-state index in [1.807, 2.05) is 21.1 Å². The number of likely N-dealkylation sites (N-methyl/N-ethyl adjacent to an activating group) is 1. The lowest BCUT2D eigenvalue weighted by Crippen LogP contribution is -2.37. The third-order valence-corrected chi connectivity index (χ3v) is 14.9. The Morgan fingerprint density at radius 1 is 0.410 bits per heavy atom. The number of phosphoric ester groups is 1. The molecule has 0 aliphatic heterocycles. The molecule has 0 spiro atoms. The van der Waals surface area contributed by atoms with Crippen molar-refractivity contribution in [3.05, 3.63) is 85.1 Å². The molecule has 0 bridgehead atoms. The van der Waals surface area contributed by atoms with Crippen molar-refractivity contribution in [2.45, 2.75) is 290 Å². The first-order valence-corrected chi connectivity index (χ1v) is 33.8. The van der Waals surface area contributed by atoms with Crippen molar-refractivity contribution in [1.82, 2.24) is 0 Å². The first-order valence-electron chi connectivity index (χ1n) is 32.3. The Labute approximate surface area is 481 Å². The van der Waals surface area contributed by atoms with Gasteiger partial charge >= 0.3 is 11.9 Å². The topological polar surface area (TPSA) is 111 Å². The van der Waals surface area contributed by atoms with Crippen LogP contribution < -0.4 is 4.89 Å². The average Bonchev–Trinajstić information content (AvgIpc) is 3.41. The van der Waals surface area contributed by atoms with Crippen molar-refractivity contribution >= 4 is 19.8 Å². The number of hydrogen-bond donors (Lipinski definition) is 0. The summed E-state index contributed by atoms with van der Waals surface area (Å²) in [5, 5.41) is 0. The maximum Gasteiger partial charge on any atom is 0.306 e. The number of hydrogen-bond acceptors (Lipinski definition) is 8. The van der Waals surface area contributed by atoms with Crippen LogP contribution >= 0.6 is 7.82 Å². The summed E-state index contributed by atoms with van der Waals surface area (Å²) in [7, 11) is 1.17. The second-order valence-electron chi connectivity index (χ2n) is 22.8. The Morgan fingerprint density at radius 2 is 0.731 bits per heavy atom. The molecule has 0 aromatic heterocycles. The first-order chi connectivity index (χ1) is 38.0. The molecule has 0 heterocycles. The van der Waals surface area contributed by atoms with Crippen LogP contribution in [-0.2, 0) is 32.7 Å². The second kappa shape index (κ2) is 58.8. The summed E-state index contributed by atoms with van der Waals surface area (Å²) in [6.07, 6.45) is 79.4. The predicted molar refractivity (Wildman–Crippen MR) is 332 cm³/mol. The third kappa shape index (κ3) is 62.4. The van der Waals surface area contributed by atoms with Gasteiger partial charge in [-0.25, -0.2) is 0 Å². The number of carbonyl (C=O) groups is 2. The Hall–Kier alpha value is -2.81. The monoisotopic (exact) mass is 1110 g/mol. The molecule has 0 aromatic carbocycles. The molecule has 2 unspecified atom stereocenters. The van der Waals surface area contributed by atoms with Crippen molar-refractivity contribution < 1.29 is 42.1 Å². The number of allylic oxidation sites excluding steroid dienone is 14. The number of quaternary nitrogens is 1. The molecule has 0 radical (unpaired) electrons. The van der Waals surface area contributed by atoms with E-state index in [-0.39, 0.29) is 32.0 Å². The first kappa shape index (κ1) is 75.2. The molecule has 10 heteroatoms. The van der Waals surface area contributed by atoms with Gasteiger partial charge in [-0.15, -0.1) is 0 Å². The van der Waals surface area contributed by atoms with Crippen LogP contribution in [-0.4, -0.2) is 70.0 Å². The minimum absolute atomic E-state index is 0.0304. The Kier molecular flexibility index (Phi) is 56.7. The maximum atomic E-state index is 12.8. The number of carbonyl (C=O) groups excluding carboxylic acids is 2. The van der Waals surface area contributed by atoms with Crippen molar-refractivity contribution in [3.8, 4) is 0 Å². The standard InChI is InChI=1S/C68H122NO8P/c1-6-8-10-12-14-16-18-20-22-23-24-25-26-27-28-29-30-31-32-33-34-35-36-37-38-39-40-41-42-43-44-45-47-49-51-53-55-57-59-61-68(71)77-66(65-76-78(72,73)75-63-62-69(3,4)5)64-74-67(70)60-58-56-54-52-50-48-46-21-19-17-15-13-11-9-7-2/h8,10,14,16,20,22,24-25,27-28,30-31,33-34,66H,6-7,9,11-13,15,17-19,21,23,26,29,32,35-65H2,1-5H3/b10-8-,16-14-,22-20-,25-24-,28-27-,31-30-,34-33-. The zero-order chi connectivity index (χ0) is 57.0. The fourth-order valence-corrected chi connectivity index (χ4v) is 9.72. The molecule has 9 nitrogen and oxygen atoms in total. The summed E-state index contributed by atoms with van der Waals surface area (Å²) in [6, 6.07) is 0. The fraction of sp³-hybridized carbons (Fsp3) is 0.765. The summed E-state index contributed by atoms with van der Waals surface area (Å²) < 4.78 is 34.2. The van der Waals surface area contributed by atoms with Gasteiger partial charge in [0.05, 0.1) is 27.7 Å². The van der Waals surface area contributed by atoms with E-state index >= 15 is 0 Å². The molecule has 0 saturated carbocycles. The van der Waals surface area contributed by atoms with Gasteiger partial charge in [0, 0.05) is 12.8 Å². The highest BCUT2D eigenvalue weighted by Crippen LogP contribution is 2.38. The average molecular weight is 1110 g/mol. The van der Waals surface area contributed by atoms with Crippen LogP contribution in [0.4, 0.5) is 0 Å². The van der Waals surface area contributed by atoms with E-state index in [1.165, 1.54) is 167 Å². The summed E-state index contributed by atoms with van der Waals surface area (Å²) in [4.78, 5) is 37.9. The number of ether oxygens (including phenoxy) is 2. The Bertz CT molecular complexity index is 1590. The number of phosphoric acid groups is 1. The molecule has 0 N–H and O–H groups in total. The molecule has 0 saturated heterocycles. The van der Waals surface area contributed by atoms with Crippen molar-refractivity contribution in [3.63, 3.8) is 0 Å². The van der Waals surface area contributed by atoms with Crippen LogP contribution in [0, 0.1) is 0 Å². The molecule has 0 fully saturated rings. The third-order valence-electron chi connectivity index (χ3n) is 13.9. The summed E-state index contributed by atoms with van der Waals surface area (Å²) in [5.41, 5.74) is 0. The quantitative estimate of drug-likeness (QED) is 0.0195. The van der Waals surface area contributed by atoms with Crippen LogP contribution in [0.15, 0.2) is 85.1 Å². The number of unbranched alkanes of at least 4 members (excludes halogenated alkanes) is 31. The molecule has 78 heavy (non-hydrogen) atoms. The molecule has 0 rings (SSSR count). The van der Waals surface area contributed by atoms with Gasteiger partial charge < -0.3 is 27.9 Å². The Morgan fingerprint density at radius 3 is 1.09 bits per heavy atom. The van der Waals surface area contributed by atoms with E-state index in [2.05, 4.69) is 98.9 Å². The van der Waals surface area contributed by atoms with Crippen LogP contribution in [0.1, 0.15) is 284 Å². The number of rotatable bonds is 59. The molecule has 452 valence electrons. The zero-order valence-corrected chi connectivity index (χ0v) is 52.2. The van der Waals surface area contributed by atoms with Gasteiger partial charge in [-0.1, -0.05) is 285 Å². The van der Waals surface area contributed by atoms with Crippen molar-refractivity contribution in [2.24, 2.45) is 0 Å². The molecular formula is C68H122NO8P. The minimum Gasteiger partial charge on any atom is -0.756 e. The lowest BCUT2D eigenvalue weighted by atomic mass is 10.0. The van der Waals surface area contributed by atoms with E-state index in [9.17, 15) is 19.0 Å². The van der Waals surface area contributed by atoms with Gasteiger partial charge in [0.15, 0.2) is 6.10 Å². The van der Waals surface area contributed by atoms with Crippen LogP contribution in [0.25, 0.3) is 0 Å². The van der Waals surface area contributed by atoms with E-state index in [4.69, 9.17) is 18.5 Å². The van der Waals surface area contributed by atoms with Gasteiger partial charge in [0.25, 0.3) is 7.82 Å². The van der Waals surface area contributed by atoms with Crippen molar-refractivity contribution in [1.29, 1.82) is 0 Å². The molecule has 0 amide bonds. The minimum atomic E-state index is -4.64. The van der Waals surface area contributed by atoms with Crippen LogP contribution in [0.3, 0.4) is 0 Å². The van der Waals surface area contributed by atoms with Gasteiger partial charge in [-0.2, -0.15) is 0 Å². The summed E-state index contributed by atoms with van der Waals surface area (Å²) in [6.45, 7) is 4.15. The van der Waals surface area contributed by atoms with Gasteiger partial charge in [0.1, 0.15) is 19.8 Å². The van der Waals surface area contributed by atoms with Gasteiger partial charge in [-0.3, -0.25) is 14.2 Å². The zero-order valence-electron chi connectivity index (χ0n) is 51.3. The lowest BCUT2D eigenvalue weighted by Gasteiger charge is -2.28. The van der Waals surface area contributed by atoms with E-state index in [1.54, 1.807) is 0 Å². The highest BCUT2D eigenvalue weighted by Gasteiger charge is 2.22. The smallest absolute Gasteiger partial charge is 0.306 e. The van der Waals surface area contributed by atoms with E-state index in [0.717, 1.165) is 83.5 Å². The van der Waals surface area contributed by atoms with Crippen LogP contribution in [0.5, 0.6) is 0 Å². The molecule has 2 atom stereocenters. The largest absolute Gasteiger partial charge is 0.756 e. The van der Waals surface area contributed by atoms with E-state index in [0.29, 0.717) is 17.4 Å². The normalized spacial score (nSPS) is 13.8. The van der Waals surface area contributed by atoms with Gasteiger partial charge in [0.2, 0.25) is 0 Å². The van der Waals surface area contributed by atoms with Crippen molar-refractivity contribution in [2.75, 3.05) is 47.5 Å². The molecule has 0 aromatic rings. The second-order valence-corrected chi connectivity index (χ2v) is 24.2. The summed E-state index contributed by atoms with van der Waals surface area (Å²) >= 11 is 0. The number of nitrogens with zero attached hydrogens (tertiary/aromatic N) is 1. The molecule has 0 aliphatic rings. The maximum absolute atomic E-state index is 12.8. The fourth-order valence-electron chi connectivity index (χ4n) is 8.99.